The highest BCUT2D eigenvalue weighted by atomic mass is 32.1. The molecule has 0 saturated carbocycles. The van der Waals surface area contributed by atoms with Crippen molar-refractivity contribution in [2.45, 2.75) is 19.9 Å². The van der Waals surface area contributed by atoms with Crippen molar-refractivity contribution < 1.29 is 29.3 Å². The lowest BCUT2D eigenvalue weighted by Gasteiger charge is -2.23. The Kier molecular flexibility index (Phi) is 5.97. The molecule has 1 aromatic heterocycles. The number of phenols is 1. The Morgan fingerprint density at radius 2 is 1.79 bits per heavy atom. The molecule has 1 fully saturated rings. The molecule has 8 nitrogen and oxygen atoms in total. The Morgan fingerprint density at radius 3 is 2.42 bits per heavy atom. The summed E-state index contributed by atoms with van der Waals surface area (Å²) in [5, 5.41) is 20.9. The van der Waals surface area contributed by atoms with Crippen molar-refractivity contribution in [3.05, 3.63) is 81.9 Å². The van der Waals surface area contributed by atoms with Crippen LogP contribution in [0.2, 0.25) is 0 Å². The number of aliphatic hydroxyl groups excluding tert-OH is 1. The number of thiazole rings is 1. The van der Waals surface area contributed by atoms with Gasteiger partial charge in [-0.15, -0.1) is 0 Å². The summed E-state index contributed by atoms with van der Waals surface area (Å²) >= 11 is 0.935. The summed E-state index contributed by atoms with van der Waals surface area (Å²) in [6.45, 7) is 3.48. The van der Waals surface area contributed by atoms with Gasteiger partial charge < -0.3 is 14.9 Å². The maximum absolute atomic E-state index is 13.2. The lowest BCUT2D eigenvalue weighted by atomic mass is 9.95. The van der Waals surface area contributed by atoms with E-state index in [1.807, 2.05) is 0 Å². The fourth-order valence-corrected chi connectivity index (χ4v) is 4.61. The Balaban J connectivity index is 1.90. The van der Waals surface area contributed by atoms with Crippen LogP contribution >= 0.6 is 11.3 Å². The topological polar surface area (TPSA) is 117 Å². The van der Waals surface area contributed by atoms with Gasteiger partial charge in [-0.05, 0) is 31.5 Å². The number of carbonyl (C=O) groups excluding carboxylic acids is 3. The number of benzene rings is 2. The molecule has 0 radical (unpaired) electrons. The number of Topliss-reactive ketones (excluding diaryl/α,β-unsaturated/α-hetero) is 1. The van der Waals surface area contributed by atoms with Gasteiger partial charge in [-0.1, -0.05) is 53.8 Å². The summed E-state index contributed by atoms with van der Waals surface area (Å²) in [6, 6.07) is 13.4. The van der Waals surface area contributed by atoms with Crippen molar-refractivity contribution in [3.63, 3.8) is 0 Å². The molecular weight excluding hydrogens is 444 g/mol. The van der Waals surface area contributed by atoms with Gasteiger partial charge in [-0.25, -0.2) is 9.78 Å². The van der Waals surface area contributed by atoms with Crippen molar-refractivity contribution in [2.24, 2.45) is 0 Å². The number of aromatic nitrogens is 1. The molecule has 1 aliphatic rings. The van der Waals surface area contributed by atoms with Crippen LogP contribution in [0.25, 0.3) is 5.76 Å². The van der Waals surface area contributed by atoms with E-state index in [1.165, 1.54) is 17.0 Å². The number of rotatable bonds is 5. The quantitative estimate of drug-likeness (QED) is 0.254. The molecule has 4 rings (SSSR count). The Morgan fingerprint density at radius 1 is 1.12 bits per heavy atom. The minimum atomic E-state index is -1.01. The molecule has 1 saturated heterocycles. The number of aryl methyl sites for hydroxylation is 1. The van der Waals surface area contributed by atoms with Crippen molar-refractivity contribution >= 4 is 39.9 Å². The lowest BCUT2D eigenvalue weighted by Crippen LogP contribution is -2.29. The molecule has 0 spiro atoms. The number of aromatic hydroxyl groups is 1. The number of nitrogens with zero attached hydrogens (tertiary/aromatic N) is 2. The molecule has 9 heteroatoms. The fraction of sp³-hybridized carbons (Fsp3) is 0.167. The highest BCUT2D eigenvalue weighted by molar-refractivity contribution is 7.17. The summed E-state index contributed by atoms with van der Waals surface area (Å²) in [6.07, 6.45) is 0. The molecule has 1 aliphatic heterocycles. The first-order chi connectivity index (χ1) is 15.8. The summed E-state index contributed by atoms with van der Waals surface area (Å²) in [7, 11) is 0. The first-order valence-corrected chi connectivity index (χ1v) is 10.9. The molecular formula is C24H20N2O6S. The number of phenolic OH excluding ortho intramolecular Hbond substituents is 1. The molecule has 0 unspecified atom stereocenters. The third kappa shape index (κ3) is 3.98. The average molecular weight is 464 g/mol. The van der Waals surface area contributed by atoms with Crippen molar-refractivity contribution in [2.75, 3.05) is 11.5 Å². The third-order valence-corrected chi connectivity index (χ3v) is 6.29. The van der Waals surface area contributed by atoms with E-state index < -0.39 is 23.7 Å². The van der Waals surface area contributed by atoms with Crippen LogP contribution in [-0.4, -0.2) is 39.5 Å². The smallest absolute Gasteiger partial charge is 0.350 e. The van der Waals surface area contributed by atoms with Crippen LogP contribution in [-0.2, 0) is 14.3 Å². The van der Waals surface area contributed by atoms with Gasteiger partial charge in [0.25, 0.3) is 5.78 Å². The molecule has 0 bridgehead atoms. The van der Waals surface area contributed by atoms with Crippen LogP contribution in [0, 0.1) is 6.92 Å². The van der Waals surface area contributed by atoms with Gasteiger partial charge in [0, 0.05) is 5.56 Å². The van der Waals surface area contributed by atoms with E-state index in [4.69, 9.17) is 4.74 Å². The highest BCUT2D eigenvalue weighted by Gasteiger charge is 2.48. The third-order valence-electron chi connectivity index (χ3n) is 5.15. The molecule has 1 amide bonds. The molecule has 2 heterocycles. The van der Waals surface area contributed by atoms with E-state index >= 15 is 0 Å². The second-order valence-electron chi connectivity index (χ2n) is 7.26. The number of amides is 1. The maximum atomic E-state index is 13.2. The van der Waals surface area contributed by atoms with Gasteiger partial charge in [0.15, 0.2) is 5.13 Å². The zero-order valence-corrected chi connectivity index (χ0v) is 18.6. The Hall–Kier alpha value is -3.98. The molecule has 1 atom stereocenters. The maximum Gasteiger partial charge on any atom is 0.350 e. The average Bonchev–Trinajstić information content (AvgIpc) is 3.32. The minimum absolute atomic E-state index is 0.00783. The van der Waals surface area contributed by atoms with E-state index in [9.17, 15) is 24.6 Å². The van der Waals surface area contributed by atoms with Gasteiger partial charge in [0.05, 0.1) is 23.9 Å². The van der Waals surface area contributed by atoms with Gasteiger partial charge in [-0.2, -0.15) is 0 Å². The molecule has 2 N–H and O–H groups in total. The Bertz CT molecular complexity index is 1260. The van der Waals surface area contributed by atoms with Gasteiger partial charge >= 0.3 is 11.9 Å². The van der Waals surface area contributed by atoms with E-state index in [0.29, 0.717) is 16.8 Å². The van der Waals surface area contributed by atoms with Crippen LogP contribution in [0.5, 0.6) is 5.75 Å². The number of ether oxygens (including phenoxy) is 1. The fourth-order valence-electron chi connectivity index (χ4n) is 3.62. The van der Waals surface area contributed by atoms with Gasteiger partial charge in [-0.3, -0.25) is 14.5 Å². The molecule has 3 aromatic rings. The number of hydrogen-bond donors (Lipinski definition) is 2. The number of ketones is 1. The van der Waals surface area contributed by atoms with Crippen LogP contribution < -0.4 is 4.90 Å². The number of esters is 1. The normalized spacial score (nSPS) is 17.4. The summed E-state index contributed by atoms with van der Waals surface area (Å²) in [5.74, 6) is -2.64. The second-order valence-corrected chi connectivity index (χ2v) is 8.24. The van der Waals surface area contributed by atoms with Crippen LogP contribution in [0.15, 0.2) is 60.2 Å². The number of carbonyl (C=O) groups is 3. The SMILES string of the molecule is CCOC(=O)c1sc(N2C(=O)C(=O)C(=C(O)c3ccccc3)[C@H]2c2ccc(O)cc2)nc1C. The van der Waals surface area contributed by atoms with E-state index in [1.54, 1.807) is 56.3 Å². The van der Waals surface area contributed by atoms with Crippen LogP contribution in [0.3, 0.4) is 0 Å². The van der Waals surface area contributed by atoms with Crippen molar-refractivity contribution in [1.29, 1.82) is 0 Å². The first-order valence-electron chi connectivity index (χ1n) is 10.1. The summed E-state index contributed by atoms with van der Waals surface area (Å²) in [5.41, 5.74) is 1.11. The Labute approximate surface area is 193 Å². The van der Waals surface area contributed by atoms with Crippen LogP contribution in [0.1, 0.15) is 39.5 Å². The van der Waals surface area contributed by atoms with Crippen LogP contribution in [0.4, 0.5) is 5.13 Å². The van der Waals surface area contributed by atoms with E-state index in [2.05, 4.69) is 4.98 Å². The predicted octanol–water partition coefficient (Wildman–Crippen LogP) is 3.96. The van der Waals surface area contributed by atoms with Gasteiger partial charge in [0.1, 0.15) is 16.4 Å². The molecule has 33 heavy (non-hydrogen) atoms. The monoisotopic (exact) mass is 464 g/mol. The standard InChI is InChI=1S/C24H20N2O6S/c1-3-32-23(31)21-13(2)25-24(33-21)26-18(14-9-11-16(27)12-10-14)17(20(29)22(26)30)19(28)15-7-5-4-6-8-15/h4-12,18,27-28H,3H2,1-2H3/t18-/m1/s1. The summed E-state index contributed by atoms with van der Waals surface area (Å²) < 4.78 is 5.06. The number of hydrogen-bond acceptors (Lipinski definition) is 8. The number of aliphatic hydroxyl groups is 1. The first kappa shape index (κ1) is 22.2. The van der Waals surface area contributed by atoms with E-state index in [0.717, 1.165) is 11.3 Å². The predicted molar refractivity (Wildman–Crippen MR) is 122 cm³/mol. The van der Waals surface area contributed by atoms with Crippen molar-refractivity contribution in [1.82, 2.24) is 4.98 Å². The molecule has 2 aromatic carbocycles. The zero-order chi connectivity index (χ0) is 23.7. The lowest BCUT2D eigenvalue weighted by molar-refractivity contribution is -0.132. The minimum Gasteiger partial charge on any atom is -0.508 e. The van der Waals surface area contributed by atoms with E-state index in [-0.39, 0.29) is 33.7 Å². The molecule has 0 aliphatic carbocycles. The second kappa shape index (κ2) is 8.87. The van der Waals surface area contributed by atoms with Crippen molar-refractivity contribution in [3.8, 4) is 5.75 Å². The van der Waals surface area contributed by atoms with Gasteiger partial charge in [0.2, 0.25) is 0 Å². The number of anilines is 1. The largest absolute Gasteiger partial charge is 0.508 e. The highest BCUT2D eigenvalue weighted by Crippen LogP contribution is 2.44. The summed E-state index contributed by atoms with van der Waals surface area (Å²) in [4.78, 5) is 44.3. The zero-order valence-electron chi connectivity index (χ0n) is 17.8. The molecule has 168 valence electrons.